The van der Waals surface area contributed by atoms with Gasteiger partial charge in [-0.25, -0.2) is 0 Å². The number of unbranched alkanes of at least 4 members (excludes halogenated alkanes) is 7. The van der Waals surface area contributed by atoms with Crippen molar-refractivity contribution in [3.8, 4) is 69.0 Å². The van der Waals surface area contributed by atoms with Gasteiger partial charge in [-0.15, -0.1) is 0 Å². The van der Waals surface area contributed by atoms with Gasteiger partial charge in [-0.1, -0.05) is 170 Å². The van der Waals surface area contributed by atoms with Crippen LogP contribution in [-0.4, -0.2) is 76.5 Å². The summed E-state index contributed by atoms with van der Waals surface area (Å²) in [5.41, 5.74) is 0. The van der Waals surface area contributed by atoms with Crippen LogP contribution >= 0.6 is 0 Å². The Balaban J connectivity index is 0.000000216. The van der Waals surface area contributed by atoms with Crippen LogP contribution in [-0.2, 0) is 28.8 Å². The van der Waals surface area contributed by atoms with Crippen molar-refractivity contribution in [1.82, 2.24) is 0 Å². The number of hydrogen-bond acceptors (Lipinski definition) is 18. The van der Waals surface area contributed by atoms with Crippen molar-refractivity contribution >= 4 is 35.8 Å². The Morgan fingerprint density at radius 1 is 0.197 bits per heavy atom. The Labute approximate surface area is 795 Å². The Bertz CT molecular complexity index is 4020. The number of methoxy groups -OCH3 is 2. The molecule has 0 heterocycles. The number of hydrogen-bond donors (Lipinski definition) is 0. The number of ether oxygens (including phenoxy) is 12. The van der Waals surface area contributed by atoms with Crippen LogP contribution in [0.4, 0.5) is 0 Å². The summed E-state index contributed by atoms with van der Waals surface area (Å²) in [4.78, 5) is 73.4. The number of esters is 6. The number of rotatable bonds is 42. The maximum absolute atomic E-state index is 12.3. The van der Waals surface area contributed by atoms with Gasteiger partial charge in [0.05, 0.1) is 76.2 Å². The topological polar surface area (TPSA) is 213 Å². The minimum absolute atomic E-state index is 0.0684. The molecule has 732 valence electrons. The SMILES string of the molecule is CCCC1CCC(C(=O)Oc2ccc(OCC)cc2)CC1.CCCCC1CCC(C(=O)Oc2ccc(OC)cc2)CC1.CCCCC1CCC(C(=O)Oc2ccc(OCC)cc2)CC1.CCCCCC1CCC(C(=O)Oc2ccc(OC)cc2)CC1.CCCCCC1CCC(C(=O)Oc2ccc(OCC)cc2)CC1.CCCCOc1ccc(OC(=O)C2CCC(CCC)CC2)cc1. The van der Waals surface area contributed by atoms with Gasteiger partial charge in [0.25, 0.3) is 0 Å². The molecule has 0 amide bonds. The van der Waals surface area contributed by atoms with Gasteiger partial charge < -0.3 is 56.8 Å². The zero-order chi connectivity index (χ0) is 94.7. The minimum Gasteiger partial charge on any atom is -0.497 e. The molecule has 0 saturated heterocycles. The zero-order valence-corrected chi connectivity index (χ0v) is 83.1. The third-order valence-corrected chi connectivity index (χ3v) is 27.3. The van der Waals surface area contributed by atoms with Gasteiger partial charge in [-0.2, -0.15) is 0 Å². The van der Waals surface area contributed by atoms with Crippen LogP contribution in [0.3, 0.4) is 0 Å². The molecule has 132 heavy (non-hydrogen) atoms. The molecule has 12 rings (SSSR count). The molecule has 0 N–H and O–H groups in total. The summed E-state index contributed by atoms with van der Waals surface area (Å²) in [5, 5.41) is 0. The monoisotopic (exact) mass is 1830 g/mol. The quantitative estimate of drug-likeness (QED) is 0.0198. The molecule has 6 aliphatic rings. The summed E-state index contributed by atoms with van der Waals surface area (Å²) in [5.74, 6) is 13.3. The van der Waals surface area contributed by atoms with E-state index < -0.39 is 0 Å². The first-order chi connectivity index (χ1) is 64.3. The van der Waals surface area contributed by atoms with Crippen molar-refractivity contribution in [3.63, 3.8) is 0 Å². The molecule has 18 heteroatoms. The molecule has 18 nitrogen and oxygen atoms in total. The number of carbonyl (C=O) groups is 6. The maximum atomic E-state index is 12.3. The minimum atomic E-state index is -0.0749. The van der Waals surface area contributed by atoms with E-state index in [9.17, 15) is 28.8 Å². The summed E-state index contributed by atoms with van der Waals surface area (Å²) < 4.78 is 65.0. The van der Waals surface area contributed by atoms with E-state index >= 15 is 0 Å². The van der Waals surface area contributed by atoms with E-state index in [0.29, 0.717) is 54.3 Å². The van der Waals surface area contributed by atoms with E-state index in [1.807, 2.05) is 106 Å². The molecular weight excluding hydrogens is 1660 g/mol. The fourth-order valence-corrected chi connectivity index (χ4v) is 19.0. The van der Waals surface area contributed by atoms with E-state index in [0.717, 1.165) is 192 Å². The first kappa shape index (κ1) is 110. The predicted molar refractivity (Wildman–Crippen MR) is 529 cm³/mol. The molecule has 0 bridgehead atoms. The van der Waals surface area contributed by atoms with Crippen molar-refractivity contribution in [2.24, 2.45) is 71.0 Å². The smallest absolute Gasteiger partial charge is 0.314 e. The van der Waals surface area contributed by atoms with Crippen LogP contribution in [0.15, 0.2) is 146 Å². The average Bonchev–Trinajstić information content (AvgIpc) is 0.882. The lowest BCUT2D eigenvalue weighted by Crippen LogP contribution is -2.25. The van der Waals surface area contributed by atoms with Crippen LogP contribution in [0.2, 0.25) is 0 Å². The molecule has 0 unspecified atom stereocenters. The van der Waals surface area contributed by atoms with Gasteiger partial charge in [0, 0.05) is 0 Å². The summed E-state index contributed by atoms with van der Waals surface area (Å²) in [6, 6.07) is 43.6. The van der Waals surface area contributed by atoms with Gasteiger partial charge in [0.15, 0.2) is 0 Å². The highest BCUT2D eigenvalue weighted by Gasteiger charge is 2.34. The Morgan fingerprint density at radius 3 is 0.553 bits per heavy atom. The van der Waals surface area contributed by atoms with Gasteiger partial charge in [0.2, 0.25) is 0 Å². The fourth-order valence-electron chi connectivity index (χ4n) is 19.0. The molecule has 6 aromatic carbocycles. The van der Waals surface area contributed by atoms with Crippen LogP contribution in [0.25, 0.3) is 0 Å². The van der Waals surface area contributed by atoms with E-state index in [4.69, 9.17) is 56.8 Å². The third-order valence-electron chi connectivity index (χ3n) is 27.3. The highest BCUT2D eigenvalue weighted by atomic mass is 16.6. The van der Waals surface area contributed by atoms with Crippen LogP contribution < -0.4 is 56.8 Å². The lowest BCUT2D eigenvalue weighted by atomic mass is 9.80. The molecule has 6 saturated carbocycles. The largest absolute Gasteiger partial charge is 0.497 e. The fraction of sp³-hybridized carbons (Fsp3) is 0.632. The van der Waals surface area contributed by atoms with E-state index in [1.54, 1.807) is 74.9 Å². The first-order valence-electron chi connectivity index (χ1n) is 51.8. The zero-order valence-electron chi connectivity index (χ0n) is 83.1. The molecule has 0 spiro atoms. The normalized spacial score (nSPS) is 21.4. The van der Waals surface area contributed by atoms with Gasteiger partial charge >= 0.3 is 35.8 Å². The molecular formula is C114H168O18. The molecule has 6 aliphatic carbocycles. The van der Waals surface area contributed by atoms with Crippen molar-refractivity contribution in [1.29, 1.82) is 0 Å². The van der Waals surface area contributed by atoms with Gasteiger partial charge in [-0.3, -0.25) is 28.8 Å². The lowest BCUT2D eigenvalue weighted by molar-refractivity contribution is -0.141. The maximum Gasteiger partial charge on any atom is 0.314 e. The lowest BCUT2D eigenvalue weighted by Gasteiger charge is -2.27. The van der Waals surface area contributed by atoms with Crippen molar-refractivity contribution < 1.29 is 85.6 Å². The summed E-state index contributed by atoms with van der Waals surface area (Å²) in [6.07, 6.45) is 51.3. The summed E-state index contributed by atoms with van der Waals surface area (Å²) >= 11 is 0. The Kier molecular flexibility index (Phi) is 54.6. The van der Waals surface area contributed by atoms with E-state index in [1.165, 1.54) is 167 Å². The van der Waals surface area contributed by atoms with Crippen LogP contribution in [0, 0.1) is 71.0 Å². The predicted octanol–water partition coefficient (Wildman–Crippen LogP) is 29.9. The Hall–Kier alpha value is -9.06. The number of carbonyl (C=O) groups excluding carboxylic acids is 6. The van der Waals surface area contributed by atoms with Crippen molar-refractivity contribution in [2.75, 3.05) is 40.6 Å². The van der Waals surface area contributed by atoms with E-state index in [-0.39, 0.29) is 71.3 Å². The molecule has 0 radical (unpaired) electrons. The van der Waals surface area contributed by atoms with Crippen molar-refractivity contribution in [2.45, 2.75) is 352 Å². The van der Waals surface area contributed by atoms with Crippen molar-refractivity contribution in [3.05, 3.63) is 146 Å². The number of benzene rings is 6. The van der Waals surface area contributed by atoms with Crippen LogP contribution in [0.5, 0.6) is 69.0 Å². The molecule has 0 atom stereocenters. The summed E-state index contributed by atoms with van der Waals surface area (Å²) in [7, 11) is 3.25. The third kappa shape index (κ3) is 43.1. The van der Waals surface area contributed by atoms with Crippen LogP contribution in [0.1, 0.15) is 352 Å². The average molecular weight is 1830 g/mol. The van der Waals surface area contributed by atoms with E-state index in [2.05, 4.69) is 48.5 Å². The second kappa shape index (κ2) is 65.6. The second-order valence-electron chi connectivity index (χ2n) is 37.4. The Morgan fingerprint density at radius 2 is 0.371 bits per heavy atom. The molecule has 0 aromatic heterocycles. The standard InChI is InChI=1S/2C20H30O3.2C19H28O3.2C18H26O3/c1-3-5-6-7-16-8-10-17(11-9-16)20(21)23-19-14-12-18(13-15-19)22-4-2;1-3-5-15-22-18-11-13-19(14-12-18)23-20(21)17-9-7-16(6-4-2)8-10-17;1-3-4-5-6-15-7-9-16(10-8-15)19(20)22-18-13-11-17(21-2)12-14-18;1-3-5-6-15-7-9-16(10-8-15)19(20)22-18-13-11-17(12-14-18)21-4-2;1-3-4-5-14-6-8-15(9-7-14)18(19)21-17-12-10-16(20-2)11-13-17;1-3-5-14-6-8-15(9-7-14)18(19)21-17-12-10-16(11-13-17)20-4-2/h12-17H,3-11H2,1-2H3;11-14,16-17H,3-10,15H2,1-2H3;2*11-16H,3-10H2,1-2H3;2*10-15H,3-9H2,1-2H3. The second-order valence-corrected chi connectivity index (χ2v) is 37.4. The molecule has 6 aromatic rings. The highest BCUT2D eigenvalue weighted by molar-refractivity contribution is 5.78. The first-order valence-corrected chi connectivity index (χ1v) is 51.8. The summed E-state index contributed by atoms with van der Waals surface area (Å²) in [6.45, 7) is 24.1. The highest BCUT2D eigenvalue weighted by Crippen LogP contribution is 2.40. The van der Waals surface area contributed by atoms with Gasteiger partial charge in [0.1, 0.15) is 69.0 Å². The molecule has 0 aliphatic heterocycles. The van der Waals surface area contributed by atoms with Gasteiger partial charge in [-0.05, 0) is 362 Å². The molecule has 6 fully saturated rings.